The molecule has 6 rings (SSSR count). The van der Waals surface area contributed by atoms with Crippen molar-refractivity contribution in [3.63, 3.8) is 0 Å². The van der Waals surface area contributed by atoms with Crippen LogP contribution in [-0.2, 0) is 43.3 Å². The Morgan fingerprint density at radius 1 is 1.20 bits per heavy atom. The number of β-lactam (4-membered cyclic amide) rings is 1. The maximum Gasteiger partial charge on any atom is 0.352 e. The molecular formula is C38H39ClFN7O7S2. The van der Waals surface area contributed by atoms with E-state index in [1.165, 1.54) is 42.1 Å². The summed E-state index contributed by atoms with van der Waals surface area (Å²) in [5, 5.41) is 32.8. The van der Waals surface area contributed by atoms with E-state index in [-0.39, 0.29) is 38.4 Å². The highest BCUT2D eigenvalue weighted by Crippen LogP contribution is 2.42. The first-order chi connectivity index (χ1) is 26.5. The molecule has 2 aromatic carbocycles. The van der Waals surface area contributed by atoms with Crippen LogP contribution in [0.25, 0.3) is 6.08 Å². The molecule has 2 amide bonds. The average Bonchev–Trinajstić information content (AvgIpc) is 3.35. The Bertz CT molecular complexity index is 2220. The largest absolute Gasteiger partial charge is 0.478 e. The van der Waals surface area contributed by atoms with Gasteiger partial charge in [-0.05, 0) is 92.2 Å². The summed E-state index contributed by atoms with van der Waals surface area (Å²) in [6.07, 6.45) is 8.13. The Kier molecular flexibility index (Phi) is 11.9. The summed E-state index contributed by atoms with van der Waals surface area (Å²) >= 11 is 8.40. The molecule has 2 aliphatic heterocycles. The smallest absolute Gasteiger partial charge is 0.352 e. The number of amides is 2. The number of nitrogens with zero attached hydrogens (tertiary/aromatic N) is 3. The molecule has 8 N–H and O–H groups in total. The first-order valence-corrected chi connectivity index (χ1v) is 19.8. The predicted molar refractivity (Wildman–Crippen MR) is 212 cm³/mol. The zero-order valence-corrected chi connectivity index (χ0v) is 32.7. The maximum atomic E-state index is 14.7. The monoisotopic (exact) mass is 823 g/mol. The van der Waals surface area contributed by atoms with Gasteiger partial charge in [-0.3, -0.25) is 19.9 Å². The van der Waals surface area contributed by atoms with Gasteiger partial charge in [0.15, 0.2) is 10.8 Å². The topological polar surface area (TPSA) is 234 Å². The lowest BCUT2D eigenvalue weighted by Gasteiger charge is -2.49. The summed E-state index contributed by atoms with van der Waals surface area (Å²) in [5.74, 6) is -4.28. The minimum atomic E-state index is -1.82. The first-order valence-electron chi connectivity index (χ1n) is 17.6. The van der Waals surface area contributed by atoms with Gasteiger partial charge < -0.3 is 31.8 Å². The first kappa shape index (κ1) is 40.4. The third kappa shape index (κ3) is 8.59. The van der Waals surface area contributed by atoms with E-state index in [1.807, 2.05) is 0 Å². The van der Waals surface area contributed by atoms with E-state index in [9.17, 15) is 33.8 Å². The molecule has 3 aromatic rings. The number of aromatic nitrogens is 1. The van der Waals surface area contributed by atoms with Crippen LogP contribution in [0, 0.1) is 17.1 Å². The minimum Gasteiger partial charge on any atom is -0.478 e. The Labute approximate surface area is 334 Å². The van der Waals surface area contributed by atoms with Crippen molar-refractivity contribution in [2.45, 2.75) is 69.4 Å². The fraction of sp³-hybridized carbons (Fsp3) is 0.342. The number of hydrogen-bond acceptors (Lipinski definition) is 11. The molecule has 56 heavy (non-hydrogen) atoms. The van der Waals surface area contributed by atoms with E-state index in [0.717, 1.165) is 35.3 Å². The number of thiazole rings is 1. The second-order valence-electron chi connectivity index (χ2n) is 14.1. The fourth-order valence-corrected chi connectivity index (χ4v) is 8.95. The van der Waals surface area contributed by atoms with E-state index in [1.54, 1.807) is 12.1 Å². The number of anilines is 1. The maximum absolute atomic E-state index is 14.7. The van der Waals surface area contributed by atoms with Crippen LogP contribution in [-0.4, -0.2) is 78.2 Å². The van der Waals surface area contributed by atoms with Gasteiger partial charge in [0.2, 0.25) is 5.60 Å². The summed E-state index contributed by atoms with van der Waals surface area (Å²) < 4.78 is 14.7. The number of amidine groups is 1. The minimum absolute atomic E-state index is 0.0121. The molecule has 3 heterocycles. The molecule has 1 unspecified atom stereocenters. The number of oxime groups is 1. The standard InChI is InChI=1S/C38H39ClFN7O7S2/c1-38(2,36(52)53)54-46-27(26-30(39)56-37(43)45-26)32(48)44-28-33(49)47-29(35(50)51)24(17-55-34(28)47)5-3-4-18-6-9-20-10-7-19(8-11-21(20)14-18)15-22-12-13-23(31(41)42)16-25(22)40/h6,8-9,11-14,16,19,28,34H,3-5,7,10,15,17H2,1-2H3,(H3,41,42)(H2,43,45)(H,44,48)(H,50,51)(H,52,53)/b46-27-/t19?,28-,34-/m1/s1. The molecule has 0 bridgehead atoms. The Balaban J connectivity index is 1.09. The molecule has 3 atom stereocenters. The van der Waals surface area contributed by atoms with Gasteiger partial charge in [-0.2, -0.15) is 0 Å². The SMILES string of the molecule is CC(C)(O/N=C(\C(=O)N[C@@H]1C(=O)N2C(C(=O)O)=C(CCCc3ccc4c(c3)C=CC(Cc3ccc(C(=N)N)cc3F)CC4)CS[C@H]12)c1nc(N)sc1Cl)C(=O)O. The number of nitrogens with two attached hydrogens (primary N) is 2. The van der Waals surface area contributed by atoms with Crippen molar-refractivity contribution < 1.29 is 38.6 Å². The number of halogens is 2. The number of carbonyl (C=O) groups excluding carboxylic acids is 2. The molecule has 1 saturated heterocycles. The number of carbonyl (C=O) groups is 4. The number of carboxylic acids is 2. The lowest BCUT2D eigenvalue weighted by atomic mass is 9.93. The summed E-state index contributed by atoms with van der Waals surface area (Å²) in [6.45, 7) is 2.45. The third-order valence-corrected chi connectivity index (χ3v) is 12.2. The molecule has 0 saturated carbocycles. The van der Waals surface area contributed by atoms with Gasteiger partial charge in [0.25, 0.3) is 11.8 Å². The van der Waals surface area contributed by atoms with E-state index < -0.39 is 46.5 Å². The summed E-state index contributed by atoms with van der Waals surface area (Å²) in [7, 11) is 0. The summed E-state index contributed by atoms with van der Waals surface area (Å²) in [4.78, 5) is 61.3. The van der Waals surface area contributed by atoms with Crippen LogP contribution in [0.1, 0.15) is 66.6 Å². The number of thioether (sulfide) groups is 1. The molecule has 1 aromatic heterocycles. The number of aliphatic carboxylic acids is 2. The van der Waals surface area contributed by atoms with Crippen LogP contribution >= 0.6 is 34.7 Å². The molecule has 1 aliphatic carbocycles. The van der Waals surface area contributed by atoms with Gasteiger partial charge in [0.1, 0.15) is 38.8 Å². The summed E-state index contributed by atoms with van der Waals surface area (Å²) in [5.41, 5.74) is 13.5. The molecular weight excluding hydrogens is 785 g/mol. The van der Waals surface area contributed by atoms with Crippen molar-refractivity contribution in [2.75, 3.05) is 11.5 Å². The normalized spacial score (nSPS) is 19.4. The molecule has 294 valence electrons. The molecule has 3 aliphatic rings. The average molecular weight is 824 g/mol. The lowest BCUT2D eigenvalue weighted by molar-refractivity contribution is -0.161. The van der Waals surface area contributed by atoms with Crippen molar-refractivity contribution in [2.24, 2.45) is 16.8 Å². The number of nitrogens with one attached hydrogen (secondary N) is 2. The van der Waals surface area contributed by atoms with E-state index >= 15 is 0 Å². The fourth-order valence-electron chi connectivity index (χ4n) is 6.64. The van der Waals surface area contributed by atoms with Gasteiger partial charge in [-0.15, -0.1) is 11.8 Å². The Morgan fingerprint density at radius 2 is 1.96 bits per heavy atom. The van der Waals surface area contributed by atoms with Gasteiger partial charge in [0, 0.05) is 11.3 Å². The van der Waals surface area contributed by atoms with Crippen molar-refractivity contribution in [1.82, 2.24) is 15.2 Å². The molecule has 1 fully saturated rings. The number of fused-ring (bicyclic) bond motifs is 2. The summed E-state index contributed by atoms with van der Waals surface area (Å²) in [6, 6.07) is 9.83. The van der Waals surface area contributed by atoms with Gasteiger partial charge in [0.05, 0.1) is 0 Å². The Hall–Kier alpha value is -5.26. The van der Waals surface area contributed by atoms with Crippen LogP contribution < -0.4 is 16.8 Å². The van der Waals surface area contributed by atoms with Crippen LogP contribution in [0.2, 0.25) is 4.34 Å². The third-order valence-electron chi connectivity index (χ3n) is 9.79. The van der Waals surface area contributed by atoms with Gasteiger partial charge in [-0.25, -0.2) is 19.0 Å². The molecule has 0 radical (unpaired) electrons. The highest BCUT2D eigenvalue weighted by molar-refractivity contribution is 8.00. The number of allylic oxidation sites excluding steroid dienone is 1. The van der Waals surface area contributed by atoms with Crippen molar-refractivity contribution in [3.8, 4) is 0 Å². The number of nitrogen functional groups attached to an aromatic ring is 2. The van der Waals surface area contributed by atoms with Gasteiger partial charge >= 0.3 is 11.9 Å². The number of aryl methyl sites for hydroxylation is 2. The van der Waals surface area contributed by atoms with Crippen molar-refractivity contribution >= 4 is 81.2 Å². The second-order valence-corrected chi connectivity index (χ2v) is 16.8. The van der Waals surface area contributed by atoms with E-state index in [4.69, 9.17) is 33.3 Å². The lowest BCUT2D eigenvalue weighted by Crippen LogP contribution is -2.71. The van der Waals surface area contributed by atoms with Crippen LogP contribution in [0.3, 0.4) is 0 Å². The molecule has 0 spiro atoms. The second kappa shape index (κ2) is 16.5. The van der Waals surface area contributed by atoms with Crippen LogP contribution in [0.5, 0.6) is 0 Å². The number of benzene rings is 2. The van der Waals surface area contributed by atoms with Crippen molar-refractivity contribution in [3.05, 3.63) is 97.4 Å². The highest BCUT2D eigenvalue weighted by atomic mass is 35.5. The van der Waals surface area contributed by atoms with E-state index in [2.05, 4.69) is 45.8 Å². The van der Waals surface area contributed by atoms with Gasteiger partial charge in [-0.1, -0.05) is 70.6 Å². The molecule has 14 nitrogen and oxygen atoms in total. The zero-order valence-electron chi connectivity index (χ0n) is 30.3. The predicted octanol–water partition coefficient (Wildman–Crippen LogP) is 4.97. The number of rotatable bonds is 14. The van der Waals surface area contributed by atoms with E-state index in [0.29, 0.717) is 48.1 Å². The van der Waals surface area contributed by atoms with Crippen LogP contribution in [0.4, 0.5) is 9.52 Å². The van der Waals surface area contributed by atoms with Crippen molar-refractivity contribution in [1.29, 1.82) is 5.41 Å². The number of carboxylic acid groups (broad SMARTS) is 2. The molecule has 18 heteroatoms. The van der Waals surface area contributed by atoms with Crippen LogP contribution in [0.15, 0.2) is 58.9 Å². The Morgan fingerprint density at radius 3 is 2.62 bits per heavy atom. The number of hydrogen-bond donors (Lipinski definition) is 6. The highest BCUT2D eigenvalue weighted by Gasteiger charge is 2.54. The quantitative estimate of drug-likeness (QED) is 0.0550. The zero-order chi connectivity index (χ0) is 40.5.